The van der Waals surface area contributed by atoms with E-state index in [-0.39, 0.29) is 6.67 Å². The molecule has 1 saturated heterocycles. The minimum Gasteiger partial charge on any atom is -0.493 e. The van der Waals surface area contributed by atoms with Crippen molar-refractivity contribution in [3.63, 3.8) is 0 Å². The molecule has 1 fully saturated rings. The van der Waals surface area contributed by atoms with Crippen LogP contribution >= 0.6 is 0 Å². The van der Waals surface area contributed by atoms with E-state index < -0.39 is 17.8 Å². The van der Waals surface area contributed by atoms with Gasteiger partial charge in [0.2, 0.25) is 0 Å². The van der Waals surface area contributed by atoms with E-state index in [1.807, 2.05) is 32.2 Å². The first-order chi connectivity index (χ1) is 11.4. The molecule has 2 rings (SSSR count). The van der Waals surface area contributed by atoms with Crippen molar-refractivity contribution < 1.29 is 28.8 Å². The normalized spacial score (nSPS) is 15.9. The Hall–Kier alpha value is -2.61. The number of nitrogens with zero attached hydrogens (tertiary/aromatic N) is 2. The van der Waals surface area contributed by atoms with Gasteiger partial charge in [0.15, 0.2) is 18.2 Å². The van der Waals surface area contributed by atoms with Crippen molar-refractivity contribution in [1.29, 1.82) is 0 Å². The van der Waals surface area contributed by atoms with Gasteiger partial charge < -0.3 is 14.4 Å². The van der Waals surface area contributed by atoms with E-state index in [2.05, 4.69) is 0 Å². The average molecular weight is 336 g/mol. The zero-order valence-electron chi connectivity index (χ0n) is 14.3. The summed E-state index contributed by atoms with van der Waals surface area (Å²) in [5.74, 6) is -0.287. The summed E-state index contributed by atoms with van der Waals surface area (Å²) in [6.45, 7) is 3.11. The minimum absolute atomic E-state index is 0.114. The predicted octanol–water partition coefficient (Wildman–Crippen LogP) is -0.513. The molecule has 8 nitrogen and oxygen atoms in total. The number of quaternary nitrogens is 1. The summed E-state index contributed by atoms with van der Waals surface area (Å²) in [4.78, 5) is 37.9. The molecule has 0 saturated carbocycles. The van der Waals surface area contributed by atoms with E-state index in [0.29, 0.717) is 24.7 Å². The number of methoxy groups -OCH3 is 1. The average Bonchev–Trinajstić information content (AvgIpc) is 2.74. The van der Waals surface area contributed by atoms with Crippen LogP contribution in [0.25, 0.3) is 0 Å². The smallest absolute Gasteiger partial charge is 0.338 e. The maximum absolute atomic E-state index is 11.9. The fraction of sp³-hybridized carbons (Fsp3) is 0.438. The molecular weight excluding hydrogens is 314 g/mol. The number of hydrogen-bond acceptors (Lipinski definition) is 5. The van der Waals surface area contributed by atoms with Crippen LogP contribution in [0.1, 0.15) is 12.5 Å². The van der Waals surface area contributed by atoms with Gasteiger partial charge in [0.1, 0.15) is 6.54 Å². The van der Waals surface area contributed by atoms with Gasteiger partial charge in [-0.15, -0.1) is 0 Å². The van der Waals surface area contributed by atoms with E-state index in [1.54, 1.807) is 7.11 Å². The second-order valence-corrected chi connectivity index (χ2v) is 5.59. The number of hydrogen-bond donors (Lipinski definition) is 1. The SMILES string of the molecule is CCOc1ccc(C[NH+](C)CN2C(=O)C(=O)N(C)C2=O)cc1OC. The zero-order chi connectivity index (χ0) is 17.9. The van der Waals surface area contributed by atoms with Crippen molar-refractivity contribution in [3.8, 4) is 11.5 Å². The number of amides is 4. The number of carbonyl (C=O) groups is 3. The lowest BCUT2D eigenvalue weighted by Gasteiger charge is -2.20. The molecule has 4 amide bonds. The Morgan fingerprint density at radius 3 is 2.38 bits per heavy atom. The number of rotatable bonds is 7. The topological polar surface area (TPSA) is 80.6 Å². The molecule has 0 radical (unpaired) electrons. The van der Waals surface area contributed by atoms with Gasteiger partial charge in [-0.25, -0.2) is 9.69 Å². The highest BCUT2D eigenvalue weighted by Gasteiger charge is 2.43. The Labute approximate surface area is 140 Å². The van der Waals surface area contributed by atoms with E-state index >= 15 is 0 Å². The number of benzene rings is 1. The summed E-state index contributed by atoms with van der Waals surface area (Å²) < 4.78 is 10.8. The van der Waals surface area contributed by atoms with Crippen LogP contribution in [0.4, 0.5) is 4.79 Å². The Kier molecular flexibility index (Phi) is 5.40. The van der Waals surface area contributed by atoms with Crippen molar-refractivity contribution >= 4 is 17.8 Å². The van der Waals surface area contributed by atoms with Crippen LogP contribution in [-0.4, -0.2) is 62.1 Å². The molecule has 1 aromatic rings. The fourth-order valence-corrected chi connectivity index (χ4v) is 2.52. The first-order valence-electron chi connectivity index (χ1n) is 7.63. The van der Waals surface area contributed by atoms with Gasteiger partial charge in [-0.05, 0) is 25.1 Å². The van der Waals surface area contributed by atoms with E-state index in [4.69, 9.17) is 9.47 Å². The van der Waals surface area contributed by atoms with Crippen LogP contribution in [-0.2, 0) is 16.1 Å². The molecule has 1 aliphatic heterocycles. The molecule has 1 heterocycles. The Balaban J connectivity index is 2.05. The van der Waals surface area contributed by atoms with Crippen LogP contribution in [0, 0.1) is 0 Å². The third kappa shape index (κ3) is 3.48. The summed E-state index contributed by atoms with van der Waals surface area (Å²) in [5, 5.41) is 0. The molecule has 1 N–H and O–H groups in total. The van der Waals surface area contributed by atoms with Crippen LogP contribution in [0.3, 0.4) is 0 Å². The fourth-order valence-electron chi connectivity index (χ4n) is 2.52. The number of nitrogens with one attached hydrogen (secondary N) is 1. The Bertz CT molecular complexity index is 661. The molecule has 1 aliphatic rings. The van der Waals surface area contributed by atoms with Crippen molar-refractivity contribution in [1.82, 2.24) is 9.80 Å². The molecule has 130 valence electrons. The van der Waals surface area contributed by atoms with Gasteiger partial charge in [0, 0.05) is 12.6 Å². The summed E-state index contributed by atoms with van der Waals surface area (Å²) in [7, 11) is 4.71. The highest BCUT2D eigenvalue weighted by atomic mass is 16.5. The van der Waals surface area contributed by atoms with E-state index in [9.17, 15) is 14.4 Å². The van der Waals surface area contributed by atoms with Crippen LogP contribution in [0.2, 0.25) is 0 Å². The number of imide groups is 2. The highest BCUT2D eigenvalue weighted by molar-refractivity contribution is 6.44. The third-order valence-electron chi connectivity index (χ3n) is 3.71. The molecule has 0 bridgehead atoms. The van der Waals surface area contributed by atoms with Crippen molar-refractivity contribution in [2.45, 2.75) is 13.5 Å². The summed E-state index contributed by atoms with van der Waals surface area (Å²) in [6, 6.07) is 5.00. The number of likely N-dealkylation sites (N-methyl/N-ethyl adjacent to an activating group) is 1. The molecule has 24 heavy (non-hydrogen) atoms. The number of ether oxygens (including phenoxy) is 2. The number of carbonyl (C=O) groups excluding carboxylic acids is 3. The first-order valence-corrected chi connectivity index (χ1v) is 7.63. The van der Waals surface area contributed by atoms with E-state index in [1.165, 1.54) is 7.05 Å². The molecule has 0 aliphatic carbocycles. The summed E-state index contributed by atoms with van der Waals surface area (Å²) >= 11 is 0. The molecular formula is C16H22N3O5+. The predicted molar refractivity (Wildman–Crippen MR) is 84.6 cm³/mol. The van der Waals surface area contributed by atoms with Gasteiger partial charge in [-0.3, -0.25) is 14.5 Å². The minimum atomic E-state index is -0.796. The second kappa shape index (κ2) is 7.31. The van der Waals surface area contributed by atoms with Crippen LogP contribution in [0.15, 0.2) is 18.2 Å². The molecule has 0 aromatic heterocycles. The Morgan fingerprint density at radius 1 is 1.12 bits per heavy atom. The first kappa shape index (κ1) is 17.7. The molecule has 1 atom stereocenters. The second-order valence-electron chi connectivity index (χ2n) is 5.59. The van der Waals surface area contributed by atoms with Crippen molar-refractivity contribution in [2.75, 3.05) is 34.5 Å². The monoisotopic (exact) mass is 336 g/mol. The van der Waals surface area contributed by atoms with Crippen LogP contribution in [0.5, 0.6) is 11.5 Å². The lowest BCUT2D eigenvalue weighted by molar-refractivity contribution is -0.901. The number of urea groups is 1. The molecule has 8 heteroatoms. The van der Waals surface area contributed by atoms with Gasteiger partial charge >= 0.3 is 17.8 Å². The van der Waals surface area contributed by atoms with Gasteiger partial charge in [0.25, 0.3) is 0 Å². The van der Waals surface area contributed by atoms with Gasteiger partial charge in [-0.2, -0.15) is 0 Å². The third-order valence-corrected chi connectivity index (χ3v) is 3.71. The molecule has 0 spiro atoms. The van der Waals surface area contributed by atoms with E-state index in [0.717, 1.165) is 20.3 Å². The molecule has 1 unspecified atom stereocenters. The standard InChI is InChI=1S/C16H21N3O5/c1-5-24-12-7-6-11(8-13(12)23-4)9-17(2)10-19-15(21)14(20)18(3)16(19)22/h6-8H,5,9-10H2,1-4H3/p+1. The van der Waals surface area contributed by atoms with Crippen molar-refractivity contribution in [2.24, 2.45) is 0 Å². The highest BCUT2D eigenvalue weighted by Crippen LogP contribution is 2.27. The maximum atomic E-state index is 11.9. The largest absolute Gasteiger partial charge is 0.493 e. The Morgan fingerprint density at radius 2 is 1.83 bits per heavy atom. The zero-order valence-corrected chi connectivity index (χ0v) is 14.3. The molecule has 1 aromatic carbocycles. The van der Waals surface area contributed by atoms with Gasteiger partial charge in [-0.1, -0.05) is 0 Å². The van der Waals surface area contributed by atoms with Crippen molar-refractivity contribution in [3.05, 3.63) is 23.8 Å². The van der Waals surface area contributed by atoms with Crippen LogP contribution < -0.4 is 14.4 Å². The summed E-state index contributed by atoms with van der Waals surface area (Å²) in [5.41, 5.74) is 0.964. The quantitative estimate of drug-likeness (QED) is 0.536. The lowest BCUT2D eigenvalue weighted by Crippen LogP contribution is -3.09. The lowest BCUT2D eigenvalue weighted by atomic mass is 10.2. The maximum Gasteiger partial charge on any atom is 0.338 e. The van der Waals surface area contributed by atoms with Gasteiger partial charge in [0.05, 0.1) is 20.8 Å². The summed E-state index contributed by atoms with van der Waals surface area (Å²) in [6.07, 6.45) is 0.